The molecule has 0 aliphatic rings. The fourth-order valence-corrected chi connectivity index (χ4v) is 4.34. The van der Waals surface area contributed by atoms with Crippen molar-refractivity contribution < 1.29 is 19.0 Å². The molecule has 0 aliphatic heterocycles. The summed E-state index contributed by atoms with van der Waals surface area (Å²) in [6.07, 6.45) is 4.51. The number of rotatable bonds is 12. The molecule has 0 saturated heterocycles. The van der Waals surface area contributed by atoms with Crippen LogP contribution in [0.2, 0.25) is 5.02 Å². The monoisotopic (exact) mass is 560 g/mol. The van der Waals surface area contributed by atoms with Gasteiger partial charge in [-0.15, -0.1) is 11.6 Å². The predicted octanol–water partition coefficient (Wildman–Crippen LogP) is 7.56. The first-order chi connectivity index (χ1) is 19.0. The van der Waals surface area contributed by atoms with E-state index in [1.165, 1.54) is 12.3 Å². The molecule has 198 valence electrons. The highest BCUT2D eigenvalue weighted by molar-refractivity contribution is 6.32. The number of hydrogen-bond acceptors (Lipinski definition) is 6. The summed E-state index contributed by atoms with van der Waals surface area (Å²) in [6, 6.07) is 20.8. The summed E-state index contributed by atoms with van der Waals surface area (Å²) in [5.41, 5.74) is 5.47. The van der Waals surface area contributed by atoms with Crippen molar-refractivity contribution >= 4 is 29.5 Å². The van der Waals surface area contributed by atoms with E-state index in [-0.39, 0.29) is 13.2 Å². The van der Waals surface area contributed by atoms with Gasteiger partial charge in [-0.1, -0.05) is 48.0 Å². The Morgan fingerprint density at radius 2 is 1.72 bits per heavy atom. The maximum atomic E-state index is 11.7. The van der Waals surface area contributed by atoms with Crippen LogP contribution in [-0.2, 0) is 13.2 Å². The molecule has 1 heterocycles. The van der Waals surface area contributed by atoms with Gasteiger partial charge in [0.15, 0.2) is 6.29 Å². The first kappa shape index (κ1) is 28.0. The summed E-state index contributed by atoms with van der Waals surface area (Å²) >= 11 is 12.2. The van der Waals surface area contributed by atoms with Crippen LogP contribution in [0.3, 0.4) is 0 Å². The van der Waals surface area contributed by atoms with Gasteiger partial charge < -0.3 is 14.2 Å². The van der Waals surface area contributed by atoms with Crippen LogP contribution in [0.1, 0.15) is 39.0 Å². The van der Waals surface area contributed by atoms with Crippen LogP contribution in [-0.4, -0.2) is 23.8 Å². The third-order valence-electron chi connectivity index (χ3n) is 6.05. The zero-order valence-corrected chi connectivity index (χ0v) is 22.8. The average Bonchev–Trinajstić information content (AvgIpc) is 2.97. The van der Waals surface area contributed by atoms with Crippen LogP contribution in [0.15, 0.2) is 73.1 Å². The van der Waals surface area contributed by atoms with E-state index in [0.717, 1.165) is 34.4 Å². The van der Waals surface area contributed by atoms with Crippen molar-refractivity contribution in [3.63, 3.8) is 0 Å². The van der Waals surface area contributed by atoms with Crippen LogP contribution in [0, 0.1) is 18.3 Å². The van der Waals surface area contributed by atoms with E-state index in [1.807, 2.05) is 49.4 Å². The molecule has 0 spiro atoms. The topological polar surface area (TPSA) is 81.4 Å². The zero-order valence-electron chi connectivity index (χ0n) is 21.3. The van der Waals surface area contributed by atoms with Gasteiger partial charge in [0.1, 0.15) is 36.5 Å². The number of ether oxygens (including phenoxy) is 3. The lowest BCUT2D eigenvalue weighted by atomic mass is 9.96. The van der Waals surface area contributed by atoms with E-state index in [0.29, 0.717) is 52.0 Å². The molecule has 8 heteroatoms. The van der Waals surface area contributed by atoms with Crippen molar-refractivity contribution in [1.29, 1.82) is 5.26 Å². The van der Waals surface area contributed by atoms with Gasteiger partial charge in [-0.3, -0.25) is 9.78 Å². The Labute approximate surface area is 237 Å². The smallest absolute Gasteiger partial charge is 0.153 e. The van der Waals surface area contributed by atoms with Crippen molar-refractivity contribution in [1.82, 2.24) is 4.98 Å². The Balaban J connectivity index is 1.53. The van der Waals surface area contributed by atoms with Gasteiger partial charge in [0, 0.05) is 35.5 Å². The quantitative estimate of drug-likeness (QED) is 0.101. The summed E-state index contributed by atoms with van der Waals surface area (Å²) in [7, 11) is 0. The number of para-hydroxylation sites is 1. The van der Waals surface area contributed by atoms with Crippen LogP contribution >= 0.6 is 23.2 Å². The Bertz CT molecular complexity index is 1500. The highest BCUT2D eigenvalue weighted by Crippen LogP contribution is 2.36. The molecule has 4 rings (SSSR count). The number of nitrogens with zero attached hydrogens (tertiary/aromatic N) is 2. The van der Waals surface area contributed by atoms with Gasteiger partial charge >= 0.3 is 0 Å². The molecule has 0 fully saturated rings. The molecule has 0 radical (unpaired) electrons. The van der Waals surface area contributed by atoms with Crippen LogP contribution in [0.5, 0.6) is 17.2 Å². The van der Waals surface area contributed by atoms with Crippen LogP contribution in [0.25, 0.3) is 11.1 Å². The number of benzene rings is 3. The van der Waals surface area contributed by atoms with E-state index in [2.05, 4.69) is 11.1 Å². The lowest BCUT2D eigenvalue weighted by molar-refractivity contribution is 0.111. The molecule has 0 saturated carbocycles. The lowest BCUT2D eigenvalue weighted by Crippen LogP contribution is -2.03. The van der Waals surface area contributed by atoms with E-state index in [4.69, 9.17) is 42.7 Å². The van der Waals surface area contributed by atoms with Crippen molar-refractivity contribution in [3.05, 3.63) is 106 Å². The molecule has 0 N–H and O–H groups in total. The van der Waals surface area contributed by atoms with Crippen LogP contribution in [0.4, 0.5) is 0 Å². The van der Waals surface area contributed by atoms with E-state index in [9.17, 15) is 4.79 Å². The first-order valence-corrected chi connectivity index (χ1v) is 13.2. The largest absolute Gasteiger partial charge is 0.493 e. The number of aldehydes is 1. The minimum Gasteiger partial charge on any atom is -0.493 e. The summed E-state index contributed by atoms with van der Waals surface area (Å²) in [5, 5.41) is 9.38. The minimum absolute atomic E-state index is 0.123. The second kappa shape index (κ2) is 13.7. The van der Waals surface area contributed by atoms with Crippen LogP contribution < -0.4 is 14.2 Å². The summed E-state index contributed by atoms with van der Waals surface area (Å²) in [6.45, 7) is 2.96. The molecule has 0 atom stereocenters. The maximum Gasteiger partial charge on any atom is 0.153 e. The number of carbonyl (C=O) groups is 1. The molecule has 4 aromatic rings. The molecule has 0 amide bonds. The van der Waals surface area contributed by atoms with Crippen molar-refractivity contribution in [2.75, 3.05) is 12.5 Å². The third kappa shape index (κ3) is 7.08. The molecule has 3 aromatic carbocycles. The Morgan fingerprint density at radius 1 is 0.923 bits per heavy atom. The molecule has 39 heavy (non-hydrogen) atoms. The number of carbonyl (C=O) groups excluding carboxylic acids is 1. The van der Waals surface area contributed by atoms with Gasteiger partial charge in [-0.25, -0.2) is 0 Å². The second-order valence-corrected chi connectivity index (χ2v) is 9.47. The number of alkyl halides is 1. The van der Waals surface area contributed by atoms with E-state index in [1.54, 1.807) is 18.3 Å². The molecule has 0 bridgehead atoms. The molecular weight excluding hydrogens is 535 g/mol. The fraction of sp³-hybridized carbons (Fsp3) is 0.194. The van der Waals surface area contributed by atoms with E-state index < -0.39 is 0 Å². The van der Waals surface area contributed by atoms with Gasteiger partial charge in [0.2, 0.25) is 0 Å². The van der Waals surface area contributed by atoms with Crippen molar-refractivity contribution in [3.8, 4) is 34.4 Å². The lowest BCUT2D eigenvalue weighted by Gasteiger charge is -2.17. The summed E-state index contributed by atoms with van der Waals surface area (Å²) < 4.78 is 18.0. The first-order valence-electron chi connectivity index (χ1n) is 12.3. The second-order valence-electron chi connectivity index (χ2n) is 8.69. The maximum absolute atomic E-state index is 11.7. The van der Waals surface area contributed by atoms with E-state index >= 15 is 0 Å². The number of halogens is 2. The van der Waals surface area contributed by atoms with Gasteiger partial charge in [0.25, 0.3) is 0 Å². The molecule has 0 unspecified atom stereocenters. The summed E-state index contributed by atoms with van der Waals surface area (Å²) in [5.74, 6) is 2.05. The van der Waals surface area contributed by atoms with Gasteiger partial charge in [0.05, 0.1) is 22.8 Å². The SMILES string of the molecule is Cc1c(COc2cc(OCc3cncc(C#N)c3)c(C=O)cc2Cl)cccc1-c1ccccc1OCCCCl. The highest BCUT2D eigenvalue weighted by Gasteiger charge is 2.14. The van der Waals surface area contributed by atoms with Crippen molar-refractivity contribution in [2.24, 2.45) is 0 Å². The molecular formula is C31H26Cl2N2O4. The molecule has 0 aliphatic carbocycles. The number of hydrogen-bond donors (Lipinski definition) is 0. The predicted molar refractivity (Wildman–Crippen MR) is 152 cm³/mol. The molecule has 6 nitrogen and oxygen atoms in total. The Morgan fingerprint density at radius 3 is 2.51 bits per heavy atom. The Kier molecular flexibility index (Phi) is 9.80. The number of aromatic nitrogens is 1. The Hall–Kier alpha value is -4.05. The normalized spacial score (nSPS) is 10.5. The fourth-order valence-electron chi connectivity index (χ4n) is 4.01. The number of pyridine rings is 1. The third-order valence-corrected chi connectivity index (χ3v) is 6.61. The number of nitriles is 1. The van der Waals surface area contributed by atoms with Gasteiger partial charge in [-0.05, 0) is 48.2 Å². The molecule has 1 aromatic heterocycles. The van der Waals surface area contributed by atoms with Gasteiger partial charge in [-0.2, -0.15) is 5.26 Å². The van der Waals surface area contributed by atoms with Crippen molar-refractivity contribution in [2.45, 2.75) is 26.6 Å². The summed E-state index contributed by atoms with van der Waals surface area (Å²) in [4.78, 5) is 15.7. The highest BCUT2D eigenvalue weighted by atomic mass is 35.5. The zero-order chi connectivity index (χ0) is 27.6. The standard InChI is InChI=1S/C31H26Cl2N2O4/c1-21-24(6-4-8-26(21)27-7-2-3-9-29(27)37-11-5-10-32)20-39-31-14-30(25(18-36)13-28(31)33)38-19-23-12-22(15-34)16-35-17-23/h2-4,6-9,12-14,16-18H,5,10-11,19-20H2,1H3. The average molecular weight is 561 g/mol. The minimum atomic E-state index is 0.123.